The predicted octanol–water partition coefficient (Wildman–Crippen LogP) is 2.89. The van der Waals surface area contributed by atoms with Crippen molar-refractivity contribution in [3.8, 4) is 0 Å². The molecule has 1 fully saturated rings. The van der Waals surface area contributed by atoms with Crippen LogP contribution in [0.15, 0.2) is 29.3 Å². The molecule has 0 atom stereocenters. The zero-order valence-corrected chi connectivity index (χ0v) is 17.9. The number of aromatic nitrogens is 1. The Morgan fingerprint density at radius 2 is 2.00 bits per heavy atom. The van der Waals surface area contributed by atoms with Crippen molar-refractivity contribution in [3.63, 3.8) is 0 Å². The number of hydrogen-bond acceptors (Lipinski definition) is 5. The first-order valence-electron chi connectivity index (χ1n) is 10.0. The maximum absolute atomic E-state index is 5.49. The highest BCUT2D eigenvalue weighted by Crippen LogP contribution is 2.22. The summed E-state index contributed by atoms with van der Waals surface area (Å²) in [5.74, 6) is 0.851. The number of para-hydroxylation sites is 1. The minimum Gasteiger partial charge on any atom is -0.378 e. The SMILES string of the molecule is CCNC(=NCc1ccccc1N1CCOCC1)NCCc1nc(C)c(C)s1. The van der Waals surface area contributed by atoms with E-state index in [2.05, 4.69) is 65.6 Å². The monoisotopic (exact) mass is 401 g/mol. The van der Waals surface area contributed by atoms with Gasteiger partial charge in [-0.1, -0.05) is 18.2 Å². The fourth-order valence-corrected chi connectivity index (χ4v) is 4.13. The molecule has 6 nitrogen and oxygen atoms in total. The minimum atomic E-state index is 0.651. The smallest absolute Gasteiger partial charge is 0.191 e. The van der Waals surface area contributed by atoms with Gasteiger partial charge in [-0.2, -0.15) is 0 Å². The van der Waals surface area contributed by atoms with Gasteiger partial charge in [-0.3, -0.25) is 0 Å². The summed E-state index contributed by atoms with van der Waals surface area (Å²) in [4.78, 5) is 13.1. The van der Waals surface area contributed by atoms with E-state index in [1.54, 1.807) is 11.3 Å². The molecule has 1 saturated heterocycles. The van der Waals surface area contributed by atoms with Gasteiger partial charge in [0.25, 0.3) is 0 Å². The molecule has 0 spiro atoms. The number of aliphatic imine (C=N–C) groups is 1. The predicted molar refractivity (Wildman–Crippen MR) is 118 cm³/mol. The maximum atomic E-state index is 5.49. The van der Waals surface area contributed by atoms with E-state index in [1.807, 2.05) is 0 Å². The molecular formula is C21H31N5OS. The van der Waals surface area contributed by atoms with E-state index in [0.717, 1.165) is 57.5 Å². The second-order valence-corrected chi connectivity index (χ2v) is 8.14. The highest BCUT2D eigenvalue weighted by molar-refractivity contribution is 7.11. The molecule has 3 rings (SSSR count). The van der Waals surface area contributed by atoms with E-state index in [-0.39, 0.29) is 0 Å². The molecule has 1 aliphatic rings. The lowest BCUT2D eigenvalue weighted by molar-refractivity contribution is 0.122. The average Bonchev–Trinajstić information content (AvgIpc) is 3.04. The van der Waals surface area contributed by atoms with E-state index in [0.29, 0.717) is 6.54 Å². The number of guanidine groups is 1. The largest absolute Gasteiger partial charge is 0.378 e. The number of nitrogens with one attached hydrogen (secondary N) is 2. The Morgan fingerprint density at radius 3 is 2.71 bits per heavy atom. The van der Waals surface area contributed by atoms with Crippen molar-refractivity contribution in [2.45, 2.75) is 33.7 Å². The molecule has 0 radical (unpaired) electrons. The Hall–Kier alpha value is -2.12. The van der Waals surface area contributed by atoms with Gasteiger partial charge in [0, 0.05) is 43.2 Å². The van der Waals surface area contributed by atoms with Crippen LogP contribution in [0.3, 0.4) is 0 Å². The Morgan fingerprint density at radius 1 is 1.21 bits per heavy atom. The summed E-state index contributed by atoms with van der Waals surface area (Å²) in [6.45, 7) is 12.1. The van der Waals surface area contributed by atoms with Crippen LogP contribution < -0.4 is 15.5 Å². The number of rotatable bonds is 7. The van der Waals surface area contributed by atoms with Crippen molar-refractivity contribution in [1.82, 2.24) is 15.6 Å². The first kappa shape index (κ1) is 20.6. The molecule has 0 saturated carbocycles. The number of hydrogen-bond donors (Lipinski definition) is 2. The van der Waals surface area contributed by atoms with Crippen LogP contribution in [-0.4, -0.2) is 50.3 Å². The number of aryl methyl sites for hydroxylation is 2. The first-order valence-corrected chi connectivity index (χ1v) is 10.8. The van der Waals surface area contributed by atoms with Gasteiger partial charge in [0.1, 0.15) is 0 Å². The highest BCUT2D eigenvalue weighted by atomic mass is 32.1. The maximum Gasteiger partial charge on any atom is 0.191 e. The second kappa shape index (κ2) is 10.4. The molecule has 0 unspecified atom stereocenters. The number of nitrogens with zero attached hydrogens (tertiary/aromatic N) is 3. The van der Waals surface area contributed by atoms with Crippen LogP contribution in [-0.2, 0) is 17.7 Å². The van der Waals surface area contributed by atoms with Crippen molar-refractivity contribution in [3.05, 3.63) is 45.4 Å². The summed E-state index contributed by atoms with van der Waals surface area (Å²) in [7, 11) is 0. The molecule has 0 aliphatic carbocycles. The fraction of sp³-hybridized carbons (Fsp3) is 0.524. The summed E-state index contributed by atoms with van der Waals surface area (Å²) in [6.07, 6.45) is 0.911. The summed E-state index contributed by atoms with van der Waals surface area (Å²) < 4.78 is 5.49. The van der Waals surface area contributed by atoms with Crippen LogP contribution in [0, 0.1) is 13.8 Å². The summed E-state index contributed by atoms with van der Waals surface area (Å²) in [5, 5.41) is 7.96. The quantitative estimate of drug-likeness (QED) is 0.552. The molecule has 0 amide bonds. The lowest BCUT2D eigenvalue weighted by Crippen LogP contribution is -2.38. The molecule has 0 bridgehead atoms. The van der Waals surface area contributed by atoms with Crippen LogP contribution in [0.2, 0.25) is 0 Å². The van der Waals surface area contributed by atoms with Crippen molar-refractivity contribution < 1.29 is 4.74 Å². The van der Waals surface area contributed by atoms with Gasteiger partial charge in [0.05, 0.1) is 30.5 Å². The number of morpholine rings is 1. The molecule has 2 N–H and O–H groups in total. The normalized spacial score (nSPS) is 15.0. The average molecular weight is 402 g/mol. The third kappa shape index (κ3) is 5.69. The third-order valence-corrected chi connectivity index (χ3v) is 5.93. The van der Waals surface area contributed by atoms with Gasteiger partial charge in [0.2, 0.25) is 0 Å². The Bertz CT molecular complexity index is 763. The van der Waals surface area contributed by atoms with Crippen molar-refractivity contribution in [1.29, 1.82) is 0 Å². The number of benzene rings is 1. The van der Waals surface area contributed by atoms with E-state index in [9.17, 15) is 0 Å². The molecule has 7 heteroatoms. The van der Waals surface area contributed by atoms with Crippen molar-refractivity contribution >= 4 is 23.0 Å². The zero-order valence-electron chi connectivity index (χ0n) is 17.1. The van der Waals surface area contributed by atoms with Gasteiger partial charge in [-0.25, -0.2) is 9.98 Å². The van der Waals surface area contributed by atoms with Crippen molar-refractivity contribution in [2.75, 3.05) is 44.3 Å². The minimum absolute atomic E-state index is 0.651. The lowest BCUT2D eigenvalue weighted by atomic mass is 10.1. The molecule has 2 aromatic rings. The standard InChI is InChI=1S/C21H31N5OS/c1-4-22-21(23-10-9-20-25-16(2)17(3)28-20)24-15-18-7-5-6-8-19(18)26-11-13-27-14-12-26/h5-8H,4,9-15H2,1-3H3,(H2,22,23,24). The molecule has 1 aliphatic heterocycles. The van der Waals surface area contributed by atoms with Gasteiger partial charge in [-0.15, -0.1) is 11.3 Å². The molecule has 2 heterocycles. The van der Waals surface area contributed by atoms with Crippen LogP contribution in [0.5, 0.6) is 0 Å². The van der Waals surface area contributed by atoms with E-state index < -0.39 is 0 Å². The molecule has 1 aromatic heterocycles. The third-order valence-electron chi connectivity index (χ3n) is 4.80. The summed E-state index contributed by atoms with van der Waals surface area (Å²) in [5.41, 5.74) is 3.65. The van der Waals surface area contributed by atoms with Gasteiger partial charge >= 0.3 is 0 Å². The second-order valence-electron chi connectivity index (χ2n) is 6.85. The Kier molecular flexibility index (Phi) is 7.68. The van der Waals surface area contributed by atoms with Crippen LogP contribution in [0.1, 0.15) is 28.1 Å². The van der Waals surface area contributed by atoms with Gasteiger partial charge in [0.15, 0.2) is 5.96 Å². The Balaban J connectivity index is 1.61. The summed E-state index contributed by atoms with van der Waals surface area (Å²) >= 11 is 1.78. The van der Waals surface area contributed by atoms with Gasteiger partial charge < -0.3 is 20.3 Å². The molecule has 28 heavy (non-hydrogen) atoms. The first-order chi connectivity index (χ1) is 13.7. The van der Waals surface area contributed by atoms with Crippen LogP contribution >= 0.6 is 11.3 Å². The van der Waals surface area contributed by atoms with Crippen LogP contribution in [0.4, 0.5) is 5.69 Å². The number of anilines is 1. The fourth-order valence-electron chi connectivity index (χ4n) is 3.20. The highest BCUT2D eigenvalue weighted by Gasteiger charge is 2.14. The van der Waals surface area contributed by atoms with Crippen molar-refractivity contribution in [2.24, 2.45) is 4.99 Å². The van der Waals surface area contributed by atoms with Gasteiger partial charge in [-0.05, 0) is 32.4 Å². The lowest BCUT2D eigenvalue weighted by Gasteiger charge is -2.30. The molecule has 152 valence electrons. The molecular weight excluding hydrogens is 370 g/mol. The van der Waals surface area contributed by atoms with Crippen LogP contribution in [0.25, 0.3) is 0 Å². The van der Waals surface area contributed by atoms with E-state index in [1.165, 1.54) is 21.1 Å². The number of thiazole rings is 1. The summed E-state index contributed by atoms with van der Waals surface area (Å²) in [6, 6.07) is 8.53. The zero-order chi connectivity index (χ0) is 19.8. The molecule has 1 aromatic carbocycles. The number of ether oxygens (including phenoxy) is 1. The van der Waals surface area contributed by atoms with E-state index >= 15 is 0 Å². The van der Waals surface area contributed by atoms with E-state index in [4.69, 9.17) is 9.73 Å². The topological polar surface area (TPSA) is 61.8 Å². The Labute approximate surface area is 172 Å².